The molecule has 3 rings (SSSR count). The fourth-order valence-corrected chi connectivity index (χ4v) is 4.01. The first-order chi connectivity index (χ1) is 24.2. The molecule has 3 aromatic rings. The fourth-order valence-electron chi connectivity index (χ4n) is 4.01. The Hall–Kier alpha value is -5.09. The van der Waals surface area contributed by atoms with E-state index < -0.39 is 0 Å². The lowest BCUT2D eigenvalue weighted by atomic mass is 10.2. The molecule has 0 amide bonds. The standard InChI is InChI=1S/C16H20O4.C16H22O3.C8H10O3/c1-2-16(18)20-12-6-4-3-5-11-19-15-9-7-14(13-17)8-10-15;1-3-16(17)19-13-7-5-4-6-12-18-15-10-8-14(2)9-11-15;1-6-5-7(11-10-2)3-4-8(6)9/h2,7-10,13H,1,3-6,11-12H2;3,8-11H,1,4-7,12-13H2,2H3;3-5,9H,1-2H3. The van der Waals surface area contributed by atoms with Gasteiger partial charge in [0.15, 0.2) is 5.75 Å². The van der Waals surface area contributed by atoms with Crippen LogP contribution < -0.4 is 14.4 Å². The summed E-state index contributed by atoms with van der Waals surface area (Å²) >= 11 is 0. The van der Waals surface area contributed by atoms with Gasteiger partial charge in [-0.3, -0.25) is 4.79 Å². The smallest absolute Gasteiger partial charge is 0.330 e. The summed E-state index contributed by atoms with van der Waals surface area (Å²) in [4.78, 5) is 41.2. The molecule has 272 valence electrons. The Morgan fingerprint density at radius 1 is 0.640 bits per heavy atom. The van der Waals surface area contributed by atoms with Crippen molar-refractivity contribution in [1.29, 1.82) is 0 Å². The molecule has 0 aliphatic rings. The molecular formula is C40H52O10. The molecule has 3 aromatic carbocycles. The number of aldehydes is 1. The summed E-state index contributed by atoms with van der Waals surface area (Å²) in [6.45, 7) is 12.8. The summed E-state index contributed by atoms with van der Waals surface area (Å²) < 4.78 is 20.9. The molecule has 0 spiro atoms. The first kappa shape index (κ1) is 42.9. The van der Waals surface area contributed by atoms with E-state index in [2.05, 4.69) is 25.0 Å². The quantitative estimate of drug-likeness (QED) is 0.0290. The van der Waals surface area contributed by atoms with Crippen LogP contribution in [0.3, 0.4) is 0 Å². The van der Waals surface area contributed by atoms with Gasteiger partial charge in [0.1, 0.15) is 23.5 Å². The van der Waals surface area contributed by atoms with E-state index in [1.165, 1.54) is 24.8 Å². The Labute approximate surface area is 296 Å². The maximum atomic E-state index is 10.8. The third-order valence-electron chi connectivity index (χ3n) is 6.82. The number of hydrogen-bond donors (Lipinski definition) is 1. The van der Waals surface area contributed by atoms with Crippen molar-refractivity contribution in [2.45, 2.75) is 65.2 Å². The van der Waals surface area contributed by atoms with Gasteiger partial charge in [-0.1, -0.05) is 30.9 Å². The second-order valence-electron chi connectivity index (χ2n) is 11.0. The highest BCUT2D eigenvalue weighted by molar-refractivity contribution is 5.81. The first-order valence-corrected chi connectivity index (χ1v) is 16.7. The second-order valence-corrected chi connectivity index (χ2v) is 11.0. The number of ether oxygens (including phenoxy) is 4. The van der Waals surface area contributed by atoms with Crippen LogP contribution >= 0.6 is 0 Å². The van der Waals surface area contributed by atoms with Gasteiger partial charge >= 0.3 is 11.9 Å². The molecule has 0 aromatic heterocycles. The minimum absolute atomic E-state index is 0.258. The Bertz CT molecular complexity index is 1380. The molecule has 0 atom stereocenters. The molecule has 10 heteroatoms. The number of aromatic hydroxyl groups is 1. The van der Waals surface area contributed by atoms with Crippen LogP contribution in [0.25, 0.3) is 0 Å². The van der Waals surface area contributed by atoms with E-state index in [9.17, 15) is 14.4 Å². The number of hydrogen-bond acceptors (Lipinski definition) is 10. The minimum Gasteiger partial charge on any atom is -0.508 e. The summed E-state index contributed by atoms with van der Waals surface area (Å²) in [5.74, 6) is 1.83. The zero-order valence-electron chi connectivity index (χ0n) is 29.6. The van der Waals surface area contributed by atoms with Crippen molar-refractivity contribution < 1.29 is 48.2 Å². The number of aryl methyl sites for hydroxylation is 2. The lowest BCUT2D eigenvalue weighted by Gasteiger charge is -2.06. The van der Waals surface area contributed by atoms with Crippen LogP contribution in [0.2, 0.25) is 0 Å². The lowest BCUT2D eigenvalue weighted by molar-refractivity contribution is -0.178. The van der Waals surface area contributed by atoms with Gasteiger partial charge in [0, 0.05) is 17.7 Å². The maximum absolute atomic E-state index is 10.8. The summed E-state index contributed by atoms with van der Waals surface area (Å²) in [5, 5.41) is 9.12. The average molecular weight is 693 g/mol. The summed E-state index contributed by atoms with van der Waals surface area (Å²) in [6.07, 6.45) is 11.0. The largest absolute Gasteiger partial charge is 0.508 e. The highest BCUT2D eigenvalue weighted by Gasteiger charge is 2.00. The van der Waals surface area contributed by atoms with Crippen molar-refractivity contribution in [3.63, 3.8) is 0 Å². The van der Waals surface area contributed by atoms with Crippen molar-refractivity contribution in [1.82, 2.24) is 0 Å². The molecule has 0 heterocycles. The van der Waals surface area contributed by atoms with Gasteiger partial charge in [-0.2, -0.15) is 4.89 Å². The van der Waals surface area contributed by atoms with Gasteiger partial charge in [-0.25, -0.2) is 9.59 Å². The fraction of sp³-hybridized carbons (Fsp3) is 0.375. The highest BCUT2D eigenvalue weighted by atomic mass is 17.2. The predicted octanol–water partition coefficient (Wildman–Crippen LogP) is 8.47. The SMILES string of the molecule is C=CC(=O)OCCCCCCOc1ccc(C)cc1.C=CC(=O)OCCCCCCOc1ccc(C=O)cc1.COOc1ccc(O)c(C)c1. The van der Waals surface area contributed by atoms with Crippen LogP contribution in [-0.4, -0.2) is 56.9 Å². The minimum atomic E-state index is -0.368. The summed E-state index contributed by atoms with van der Waals surface area (Å²) in [7, 11) is 1.43. The summed E-state index contributed by atoms with van der Waals surface area (Å²) in [5.41, 5.74) is 2.65. The number of benzene rings is 3. The number of carbonyl (C=O) groups is 3. The van der Waals surface area contributed by atoms with Gasteiger partial charge in [-0.05, 0) is 125 Å². The first-order valence-electron chi connectivity index (χ1n) is 16.7. The number of phenols is 1. The predicted molar refractivity (Wildman–Crippen MR) is 194 cm³/mol. The second kappa shape index (κ2) is 27.8. The van der Waals surface area contributed by atoms with Gasteiger partial charge in [0.2, 0.25) is 0 Å². The normalized spacial score (nSPS) is 9.82. The lowest BCUT2D eigenvalue weighted by Crippen LogP contribution is -2.02. The molecule has 1 N–H and O–H groups in total. The van der Waals surface area contributed by atoms with Gasteiger partial charge in [0.25, 0.3) is 0 Å². The van der Waals surface area contributed by atoms with Gasteiger partial charge in [0.05, 0.1) is 33.5 Å². The Morgan fingerprint density at radius 3 is 1.50 bits per heavy atom. The number of unbranched alkanes of at least 4 members (excludes halogenated alkanes) is 6. The highest BCUT2D eigenvalue weighted by Crippen LogP contribution is 2.21. The van der Waals surface area contributed by atoms with E-state index >= 15 is 0 Å². The third-order valence-corrected chi connectivity index (χ3v) is 6.82. The van der Waals surface area contributed by atoms with Crippen LogP contribution in [0, 0.1) is 13.8 Å². The van der Waals surface area contributed by atoms with Crippen molar-refractivity contribution >= 4 is 18.2 Å². The number of rotatable bonds is 21. The van der Waals surface area contributed by atoms with Crippen molar-refractivity contribution in [2.75, 3.05) is 33.5 Å². The maximum Gasteiger partial charge on any atom is 0.330 e. The van der Waals surface area contributed by atoms with Gasteiger partial charge in [-0.15, -0.1) is 0 Å². The van der Waals surface area contributed by atoms with Crippen LogP contribution in [0.1, 0.15) is 72.9 Å². The Morgan fingerprint density at radius 2 is 1.08 bits per heavy atom. The topological polar surface area (TPSA) is 127 Å². The third kappa shape index (κ3) is 21.7. The van der Waals surface area contributed by atoms with Crippen LogP contribution in [-0.2, 0) is 24.0 Å². The molecule has 0 aliphatic carbocycles. The Balaban J connectivity index is 0.000000390. The monoisotopic (exact) mass is 692 g/mol. The number of phenolic OH excluding ortho intramolecular Hbond substituents is 1. The molecule has 0 aliphatic heterocycles. The number of carbonyl (C=O) groups excluding carboxylic acids is 3. The summed E-state index contributed by atoms with van der Waals surface area (Å²) in [6, 6.07) is 20.0. The average Bonchev–Trinajstić information content (AvgIpc) is 3.13. The molecule has 0 saturated carbocycles. The molecule has 50 heavy (non-hydrogen) atoms. The van der Waals surface area contributed by atoms with Crippen LogP contribution in [0.4, 0.5) is 0 Å². The van der Waals surface area contributed by atoms with Crippen molar-refractivity contribution in [3.05, 3.63) is 109 Å². The molecule has 0 radical (unpaired) electrons. The van der Waals surface area contributed by atoms with Crippen LogP contribution in [0.15, 0.2) is 92.0 Å². The van der Waals surface area contributed by atoms with Crippen LogP contribution in [0.5, 0.6) is 23.0 Å². The zero-order chi connectivity index (χ0) is 36.8. The Kier molecular flexibility index (Phi) is 23.9. The van der Waals surface area contributed by atoms with E-state index in [-0.39, 0.29) is 17.7 Å². The van der Waals surface area contributed by atoms with E-state index in [1.54, 1.807) is 49.4 Å². The molecule has 10 nitrogen and oxygen atoms in total. The van der Waals surface area contributed by atoms with Gasteiger partial charge < -0.3 is 28.9 Å². The van der Waals surface area contributed by atoms with E-state index in [4.69, 9.17) is 28.9 Å². The van der Waals surface area contributed by atoms with E-state index in [1.807, 2.05) is 24.3 Å². The molecular weight excluding hydrogens is 640 g/mol. The molecule has 0 saturated heterocycles. The van der Waals surface area contributed by atoms with Crippen molar-refractivity contribution in [3.8, 4) is 23.0 Å². The molecule has 0 bridgehead atoms. The molecule has 0 fully saturated rings. The zero-order valence-corrected chi connectivity index (χ0v) is 29.6. The van der Waals surface area contributed by atoms with E-state index in [0.717, 1.165) is 81.3 Å². The molecule has 0 unspecified atom stereocenters. The number of esters is 2. The van der Waals surface area contributed by atoms with Crippen molar-refractivity contribution in [2.24, 2.45) is 0 Å². The van der Waals surface area contributed by atoms with E-state index in [0.29, 0.717) is 31.1 Å².